The summed E-state index contributed by atoms with van der Waals surface area (Å²) in [5.74, 6) is -0.773. The molecule has 1 heterocycles. The van der Waals surface area contributed by atoms with Crippen molar-refractivity contribution in [2.45, 2.75) is 20.5 Å². The Morgan fingerprint density at radius 2 is 1.90 bits per heavy atom. The Bertz CT molecular complexity index is 1230. The first-order valence-electron chi connectivity index (χ1n) is 9.21. The number of nitrogens with one attached hydrogen (secondary N) is 1. The summed E-state index contributed by atoms with van der Waals surface area (Å²) in [5.41, 5.74) is 0.489. The Morgan fingerprint density at radius 1 is 1.13 bits per heavy atom. The summed E-state index contributed by atoms with van der Waals surface area (Å²) in [6, 6.07) is 9.83. The van der Waals surface area contributed by atoms with Crippen LogP contribution in [-0.4, -0.2) is 23.6 Å². The van der Waals surface area contributed by atoms with E-state index in [-0.39, 0.29) is 30.0 Å². The normalized spacial score (nSPS) is 10.5. The lowest BCUT2D eigenvalue weighted by molar-refractivity contribution is -0.385. The molecule has 1 N–H and O–H groups in total. The fraction of sp³-hybridized carbons (Fsp3) is 0.190. The monoisotopic (exact) mass is 426 g/mol. The molecular formula is C21H18N2O8. The van der Waals surface area contributed by atoms with Crippen molar-refractivity contribution in [2.24, 2.45) is 0 Å². The topological polar surface area (TPSA) is 138 Å². The molecule has 0 saturated heterocycles. The number of amides is 1. The largest absolute Gasteiger partial charge is 0.457 e. The van der Waals surface area contributed by atoms with Gasteiger partial charge >= 0.3 is 17.7 Å². The van der Waals surface area contributed by atoms with E-state index in [1.807, 2.05) is 0 Å². The third-order valence-electron chi connectivity index (χ3n) is 4.35. The van der Waals surface area contributed by atoms with Gasteiger partial charge in [0.25, 0.3) is 5.69 Å². The quantitative estimate of drug-likeness (QED) is 0.271. The number of hydrogen-bond acceptors (Lipinski definition) is 8. The lowest BCUT2D eigenvalue weighted by atomic mass is 10.1. The minimum atomic E-state index is -0.773. The molecule has 0 aliphatic carbocycles. The van der Waals surface area contributed by atoms with Gasteiger partial charge in [-0.25, -0.2) is 14.4 Å². The van der Waals surface area contributed by atoms with Gasteiger partial charge in [0.05, 0.1) is 17.1 Å². The molecule has 160 valence electrons. The number of aryl methyl sites for hydroxylation is 1. The average Bonchev–Trinajstić information content (AvgIpc) is 2.71. The molecule has 3 aromatic rings. The van der Waals surface area contributed by atoms with Crippen LogP contribution in [0.4, 0.5) is 16.2 Å². The Hall–Kier alpha value is -4.21. The lowest BCUT2D eigenvalue weighted by Crippen LogP contribution is -2.13. The van der Waals surface area contributed by atoms with Gasteiger partial charge in [-0.05, 0) is 32.0 Å². The third kappa shape index (κ3) is 5.04. The van der Waals surface area contributed by atoms with Gasteiger partial charge < -0.3 is 13.9 Å². The van der Waals surface area contributed by atoms with E-state index in [0.29, 0.717) is 22.2 Å². The molecule has 2 aromatic carbocycles. The second-order valence-electron chi connectivity index (χ2n) is 6.48. The number of carbonyl (C=O) groups excluding carboxylic acids is 2. The zero-order valence-electron chi connectivity index (χ0n) is 16.7. The predicted octanol–water partition coefficient (Wildman–Crippen LogP) is 3.94. The molecule has 1 aromatic heterocycles. The molecule has 31 heavy (non-hydrogen) atoms. The molecule has 1 amide bonds. The van der Waals surface area contributed by atoms with Crippen LogP contribution in [0.25, 0.3) is 11.0 Å². The highest BCUT2D eigenvalue weighted by atomic mass is 16.6. The summed E-state index contributed by atoms with van der Waals surface area (Å²) in [6.45, 7) is 3.18. The summed E-state index contributed by atoms with van der Waals surface area (Å²) in [5, 5.41) is 14.1. The van der Waals surface area contributed by atoms with Crippen molar-refractivity contribution in [3.8, 4) is 0 Å². The summed E-state index contributed by atoms with van der Waals surface area (Å²) >= 11 is 0. The van der Waals surface area contributed by atoms with Crippen LogP contribution in [0.3, 0.4) is 0 Å². The second-order valence-corrected chi connectivity index (χ2v) is 6.48. The molecule has 0 spiro atoms. The van der Waals surface area contributed by atoms with E-state index in [4.69, 9.17) is 13.9 Å². The van der Waals surface area contributed by atoms with Gasteiger partial charge in [0.1, 0.15) is 12.2 Å². The highest BCUT2D eigenvalue weighted by molar-refractivity contribution is 5.91. The van der Waals surface area contributed by atoms with E-state index >= 15 is 0 Å². The van der Waals surface area contributed by atoms with Crippen molar-refractivity contribution >= 4 is 34.4 Å². The Kier molecular flexibility index (Phi) is 6.29. The number of anilines is 1. The summed E-state index contributed by atoms with van der Waals surface area (Å²) < 4.78 is 15.2. The van der Waals surface area contributed by atoms with Crippen molar-refractivity contribution in [1.82, 2.24) is 0 Å². The maximum atomic E-state index is 12.4. The molecule has 3 rings (SSSR count). The van der Waals surface area contributed by atoms with Crippen LogP contribution in [0.2, 0.25) is 0 Å². The van der Waals surface area contributed by atoms with E-state index in [1.54, 1.807) is 26.0 Å². The highest BCUT2D eigenvalue weighted by Gasteiger charge is 2.17. The van der Waals surface area contributed by atoms with Crippen LogP contribution < -0.4 is 10.9 Å². The minimum absolute atomic E-state index is 0.0190. The predicted molar refractivity (Wildman–Crippen MR) is 110 cm³/mol. The van der Waals surface area contributed by atoms with Crippen molar-refractivity contribution < 1.29 is 28.4 Å². The molecule has 0 fully saturated rings. The van der Waals surface area contributed by atoms with Crippen LogP contribution in [0.15, 0.2) is 51.7 Å². The van der Waals surface area contributed by atoms with Crippen LogP contribution in [0, 0.1) is 17.0 Å². The Labute approximate surface area is 175 Å². The first kappa shape index (κ1) is 21.5. The zero-order valence-corrected chi connectivity index (χ0v) is 16.7. The fourth-order valence-electron chi connectivity index (χ4n) is 2.87. The maximum Gasteiger partial charge on any atom is 0.411 e. The van der Waals surface area contributed by atoms with Gasteiger partial charge in [-0.15, -0.1) is 0 Å². The number of rotatable bonds is 6. The number of nitrogens with zero attached hydrogens (tertiary/aromatic N) is 1. The van der Waals surface area contributed by atoms with Gasteiger partial charge in [0, 0.05) is 40.4 Å². The number of nitro benzene ring substituents is 1. The van der Waals surface area contributed by atoms with E-state index in [0.717, 1.165) is 6.07 Å². The Balaban J connectivity index is 1.82. The number of nitro groups is 1. The first-order valence-corrected chi connectivity index (χ1v) is 9.21. The van der Waals surface area contributed by atoms with Crippen LogP contribution >= 0.6 is 0 Å². The van der Waals surface area contributed by atoms with Gasteiger partial charge in [-0.1, -0.05) is 6.07 Å². The number of fused-ring (bicyclic) bond motifs is 1. The molecular weight excluding hydrogens is 408 g/mol. The van der Waals surface area contributed by atoms with Crippen LogP contribution in [0.5, 0.6) is 0 Å². The molecule has 0 aliphatic rings. The highest BCUT2D eigenvalue weighted by Crippen LogP contribution is 2.23. The van der Waals surface area contributed by atoms with Crippen LogP contribution in [0.1, 0.15) is 28.4 Å². The molecule has 0 bridgehead atoms. The fourth-order valence-corrected chi connectivity index (χ4v) is 2.87. The maximum absolute atomic E-state index is 12.4. The molecule has 10 nitrogen and oxygen atoms in total. The van der Waals surface area contributed by atoms with E-state index < -0.39 is 22.6 Å². The standard InChI is InChI=1S/C21H18N2O8/c1-3-29-21(26)22-15-6-7-16-14(9-19(24)31-18(16)10-15)11-30-20(25)13-5-4-12(2)17(8-13)23(27)28/h4-10H,3,11H2,1-2H3,(H,22,26). The SMILES string of the molecule is CCOC(=O)Nc1ccc2c(COC(=O)c3ccc(C)c([N+](=O)[O-])c3)cc(=O)oc2c1. The van der Waals surface area contributed by atoms with Crippen LogP contribution in [-0.2, 0) is 16.1 Å². The van der Waals surface area contributed by atoms with Gasteiger partial charge in [0.2, 0.25) is 0 Å². The van der Waals surface area contributed by atoms with E-state index in [1.165, 1.54) is 24.3 Å². The third-order valence-corrected chi connectivity index (χ3v) is 4.35. The number of benzene rings is 2. The lowest BCUT2D eigenvalue weighted by Gasteiger charge is -2.09. The summed E-state index contributed by atoms with van der Waals surface area (Å²) in [7, 11) is 0. The molecule has 0 aliphatic heterocycles. The Morgan fingerprint density at radius 3 is 2.61 bits per heavy atom. The van der Waals surface area contributed by atoms with E-state index in [9.17, 15) is 24.5 Å². The second kappa shape index (κ2) is 9.08. The summed E-state index contributed by atoms with van der Waals surface area (Å²) in [4.78, 5) is 46.3. The van der Waals surface area contributed by atoms with Gasteiger partial charge in [-0.3, -0.25) is 15.4 Å². The van der Waals surface area contributed by atoms with Crippen molar-refractivity contribution in [1.29, 1.82) is 0 Å². The van der Waals surface area contributed by atoms with Crippen molar-refractivity contribution in [2.75, 3.05) is 11.9 Å². The minimum Gasteiger partial charge on any atom is -0.457 e. The number of ether oxygens (including phenoxy) is 2. The van der Waals surface area contributed by atoms with Gasteiger partial charge in [0.15, 0.2) is 0 Å². The molecule has 10 heteroatoms. The number of hydrogen-bond donors (Lipinski definition) is 1. The molecule has 0 unspecified atom stereocenters. The summed E-state index contributed by atoms with van der Waals surface area (Å²) in [6.07, 6.45) is -0.651. The smallest absolute Gasteiger partial charge is 0.411 e. The first-order chi connectivity index (χ1) is 14.8. The van der Waals surface area contributed by atoms with Gasteiger partial charge in [-0.2, -0.15) is 0 Å². The number of esters is 1. The number of carbonyl (C=O) groups is 2. The van der Waals surface area contributed by atoms with Crippen molar-refractivity contribution in [3.63, 3.8) is 0 Å². The molecule has 0 radical (unpaired) electrons. The molecule has 0 atom stereocenters. The molecule has 0 saturated carbocycles. The van der Waals surface area contributed by atoms with Crippen molar-refractivity contribution in [3.05, 3.63) is 79.7 Å². The zero-order chi connectivity index (χ0) is 22.5. The van der Waals surface area contributed by atoms with E-state index in [2.05, 4.69) is 5.32 Å². The average molecular weight is 426 g/mol.